The first-order valence-electron chi connectivity index (χ1n) is 4.78. The molecule has 0 unspecified atom stereocenters. The molecule has 0 fully saturated rings. The maximum Gasteiger partial charge on any atom is 0.131 e. The molecule has 84 valence electrons. The largest absolute Gasteiger partial charge is 0.339 e. The van der Waals surface area contributed by atoms with Gasteiger partial charge < -0.3 is 5.32 Å². The first kappa shape index (κ1) is 12.1. The van der Waals surface area contributed by atoms with Crippen molar-refractivity contribution < 1.29 is 0 Å². The van der Waals surface area contributed by atoms with Crippen molar-refractivity contribution >= 4 is 43.4 Å². The van der Waals surface area contributed by atoms with Crippen LogP contribution in [-0.2, 0) is 0 Å². The van der Waals surface area contributed by atoms with E-state index in [0.717, 1.165) is 14.8 Å². The molecule has 0 amide bonds. The van der Waals surface area contributed by atoms with E-state index in [4.69, 9.17) is 5.26 Å². The maximum atomic E-state index is 9.03. The summed E-state index contributed by atoms with van der Waals surface area (Å²) in [7, 11) is 0. The third kappa shape index (κ3) is 3.05. The van der Waals surface area contributed by atoms with E-state index in [9.17, 15) is 0 Å². The molecule has 0 atom stereocenters. The molecule has 0 spiro atoms. The topological polar surface area (TPSA) is 48.7 Å². The van der Waals surface area contributed by atoms with Gasteiger partial charge in [0.2, 0.25) is 0 Å². The molecule has 0 saturated heterocycles. The minimum atomic E-state index is 0.571. The first-order valence-corrected chi connectivity index (χ1v) is 6.37. The molecule has 1 N–H and O–H groups in total. The van der Waals surface area contributed by atoms with Crippen LogP contribution in [0.1, 0.15) is 5.56 Å². The molecular weight excluding hydrogens is 346 g/mol. The van der Waals surface area contributed by atoms with Gasteiger partial charge >= 0.3 is 0 Å². The average Bonchev–Trinajstić information content (AvgIpc) is 2.31. The fraction of sp³-hybridized carbons (Fsp3) is 0. The number of nitrogens with zero attached hydrogens (tertiary/aromatic N) is 2. The molecule has 1 heterocycles. The van der Waals surface area contributed by atoms with Gasteiger partial charge in [-0.15, -0.1) is 0 Å². The molecule has 0 radical (unpaired) electrons. The van der Waals surface area contributed by atoms with Crippen LogP contribution < -0.4 is 5.32 Å². The monoisotopic (exact) mass is 351 g/mol. The lowest BCUT2D eigenvalue weighted by Gasteiger charge is -2.07. The van der Waals surface area contributed by atoms with Gasteiger partial charge in [0, 0.05) is 4.47 Å². The Morgan fingerprint density at radius 3 is 2.71 bits per heavy atom. The van der Waals surface area contributed by atoms with Crippen LogP contribution in [0.15, 0.2) is 45.5 Å². The summed E-state index contributed by atoms with van der Waals surface area (Å²) in [4.78, 5) is 4.25. The molecule has 5 heteroatoms. The fourth-order valence-electron chi connectivity index (χ4n) is 1.33. The van der Waals surface area contributed by atoms with Crippen LogP contribution in [0.3, 0.4) is 0 Å². The SMILES string of the molecule is N#Cc1cc(Br)ccc1Nc1cccc(Br)n1. The molecule has 17 heavy (non-hydrogen) atoms. The van der Waals surface area contributed by atoms with Gasteiger partial charge in [-0.05, 0) is 46.3 Å². The Hall–Kier alpha value is -1.38. The van der Waals surface area contributed by atoms with Gasteiger partial charge in [0.05, 0.1) is 11.3 Å². The second-order valence-corrected chi connectivity index (χ2v) is 5.00. The van der Waals surface area contributed by atoms with Crippen LogP contribution >= 0.6 is 31.9 Å². The van der Waals surface area contributed by atoms with E-state index >= 15 is 0 Å². The number of nitrogens with one attached hydrogen (secondary N) is 1. The Labute approximate surface area is 116 Å². The predicted octanol–water partition coefficient (Wildman–Crippen LogP) is 4.22. The van der Waals surface area contributed by atoms with E-state index < -0.39 is 0 Å². The van der Waals surface area contributed by atoms with Crippen molar-refractivity contribution in [2.24, 2.45) is 0 Å². The number of anilines is 2. The van der Waals surface area contributed by atoms with Gasteiger partial charge in [-0.3, -0.25) is 0 Å². The second kappa shape index (κ2) is 5.30. The smallest absolute Gasteiger partial charge is 0.131 e. The van der Waals surface area contributed by atoms with Crippen molar-refractivity contribution in [3.8, 4) is 6.07 Å². The number of rotatable bonds is 2. The van der Waals surface area contributed by atoms with Crippen molar-refractivity contribution in [3.05, 3.63) is 51.0 Å². The number of hydrogen-bond donors (Lipinski definition) is 1. The number of halogens is 2. The van der Waals surface area contributed by atoms with Crippen LogP contribution in [0.5, 0.6) is 0 Å². The summed E-state index contributed by atoms with van der Waals surface area (Å²) in [5.74, 6) is 0.693. The minimum Gasteiger partial charge on any atom is -0.339 e. The molecule has 1 aromatic carbocycles. The Bertz CT molecular complexity index is 591. The molecule has 2 rings (SSSR count). The van der Waals surface area contributed by atoms with Gasteiger partial charge in [0.15, 0.2) is 0 Å². The van der Waals surface area contributed by atoms with E-state index in [2.05, 4.69) is 48.2 Å². The molecule has 0 bridgehead atoms. The number of nitriles is 1. The molecule has 0 aliphatic rings. The van der Waals surface area contributed by atoms with Crippen molar-refractivity contribution in [2.45, 2.75) is 0 Å². The lowest BCUT2D eigenvalue weighted by Crippen LogP contribution is -1.96. The minimum absolute atomic E-state index is 0.571. The number of hydrogen-bond acceptors (Lipinski definition) is 3. The zero-order valence-electron chi connectivity index (χ0n) is 8.61. The molecular formula is C12H7Br2N3. The number of benzene rings is 1. The van der Waals surface area contributed by atoms with Crippen LogP contribution in [0.2, 0.25) is 0 Å². The van der Waals surface area contributed by atoms with Gasteiger partial charge in [0.1, 0.15) is 16.5 Å². The zero-order chi connectivity index (χ0) is 12.3. The number of aromatic nitrogens is 1. The first-order chi connectivity index (χ1) is 8.19. The Morgan fingerprint density at radius 1 is 1.18 bits per heavy atom. The Balaban J connectivity index is 2.34. The van der Waals surface area contributed by atoms with Crippen molar-refractivity contribution in [2.75, 3.05) is 5.32 Å². The van der Waals surface area contributed by atoms with Crippen LogP contribution in [0.25, 0.3) is 0 Å². The maximum absolute atomic E-state index is 9.03. The quantitative estimate of drug-likeness (QED) is 0.823. The summed E-state index contributed by atoms with van der Waals surface area (Å²) in [5, 5.41) is 12.1. The van der Waals surface area contributed by atoms with E-state index in [1.54, 1.807) is 6.07 Å². The second-order valence-electron chi connectivity index (χ2n) is 3.27. The molecule has 1 aromatic heterocycles. The highest BCUT2D eigenvalue weighted by atomic mass is 79.9. The zero-order valence-corrected chi connectivity index (χ0v) is 11.8. The summed E-state index contributed by atoms with van der Waals surface area (Å²) >= 11 is 6.63. The van der Waals surface area contributed by atoms with Gasteiger partial charge in [0.25, 0.3) is 0 Å². The van der Waals surface area contributed by atoms with Crippen LogP contribution in [0.4, 0.5) is 11.5 Å². The van der Waals surface area contributed by atoms with Crippen LogP contribution in [-0.4, -0.2) is 4.98 Å². The van der Waals surface area contributed by atoms with Crippen LogP contribution in [0, 0.1) is 11.3 Å². The Morgan fingerprint density at radius 2 is 2.00 bits per heavy atom. The lowest BCUT2D eigenvalue weighted by molar-refractivity contribution is 1.26. The highest BCUT2D eigenvalue weighted by Crippen LogP contribution is 2.23. The summed E-state index contributed by atoms with van der Waals surface area (Å²) in [5.41, 5.74) is 1.31. The predicted molar refractivity (Wildman–Crippen MR) is 74.1 cm³/mol. The fourth-order valence-corrected chi connectivity index (χ4v) is 2.04. The lowest BCUT2D eigenvalue weighted by atomic mass is 10.2. The third-order valence-corrected chi connectivity index (χ3v) is 3.01. The van der Waals surface area contributed by atoms with Crippen molar-refractivity contribution in [1.82, 2.24) is 4.98 Å². The molecule has 0 saturated carbocycles. The van der Waals surface area contributed by atoms with Crippen molar-refractivity contribution in [3.63, 3.8) is 0 Å². The number of pyridine rings is 1. The van der Waals surface area contributed by atoms with Gasteiger partial charge in [-0.1, -0.05) is 22.0 Å². The van der Waals surface area contributed by atoms with Gasteiger partial charge in [-0.25, -0.2) is 4.98 Å². The summed E-state index contributed by atoms with van der Waals surface area (Å²) < 4.78 is 1.62. The van der Waals surface area contributed by atoms with Gasteiger partial charge in [-0.2, -0.15) is 5.26 Å². The van der Waals surface area contributed by atoms with E-state index in [-0.39, 0.29) is 0 Å². The normalized spacial score (nSPS) is 9.71. The molecule has 2 aromatic rings. The highest BCUT2D eigenvalue weighted by Gasteiger charge is 2.03. The van der Waals surface area contributed by atoms with E-state index in [1.807, 2.05) is 30.3 Å². The highest BCUT2D eigenvalue weighted by molar-refractivity contribution is 9.10. The average molecular weight is 353 g/mol. The molecule has 3 nitrogen and oxygen atoms in total. The molecule has 0 aliphatic heterocycles. The van der Waals surface area contributed by atoms with Crippen molar-refractivity contribution in [1.29, 1.82) is 5.26 Å². The van der Waals surface area contributed by atoms with E-state index in [0.29, 0.717) is 11.4 Å². The molecule has 0 aliphatic carbocycles. The summed E-state index contributed by atoms with van der Waals surface area (Å²) in [6, 6.07) is 13.2. The third-order valence-electron chi connectivity index (χ3n) is 2.08. The standard InChI is InChI=1S/C12H7Br2N3/c13-9-4-5-10(8(6-9)7-15)16-12-3-1-2-11(14)17-12/h1-6H,(H,16,17). The summed E-state index contributed by atoms with van der Waals surface area (Å²) in [6.07, 6.45) is 0. The van der Waals surface area contributed by atoms with E-state index in [1.165, 1.54) is 0 Å². The summed E-state index contributed by atoms with van der Waals surface area (Å²) in [6.45, 7) is 0. The Kier molecular flexibility index (Phi) is 3.77.